The van der Waals surface area contributed by atoms with Crippen molar-refractivity contribution in [2.75, 3.05) is 26.2 Å². The molecular weight excluding hydrogens is 249 g/mol. The molecule has 0 radical (unpaired) electrons. The molecule has 2 aliphatic rings. The summed E-state index contributed by atoms with van der Waals surface area (Å²) in [6, 6.07) is 0. The molecule has 7 heteroatoms. The highest BCUT2D eigenvalue weighted by Crippen LogP contribution is 2.37. The quantitative estimate of drug-likeness (QED) is 0.766. The van der Waals surface area contributed by atoms with Crippen LogP contribution in [0.1, 0.15) is 19.3 Å². The van der Waals surface area contributed by atoms with Crippen LogP contribution in [0.15, 0.2) is 0 Å². The lowest BCUT2D eigenvalue weighted by molar-refractivity contribution is -0.253. The van der Waals surface area contributed by atoms with E-state index < -0.39 is 24.7 Å². The lowest BCUT2D eigenvalue weighted by Crippen LogP contribution is -2.48. The van der Waals surface area contributed by atoms with Crippen LogP contribution in [0.5, 0.6) is 0 Å². The van der Waals surface area contributed by atoms with Crippen molar-refractivity contribution in [1.29, 1.82) is 0 Å². The zero-order valence-electron chi connectivity index (χ0n) is 9.96. The highest BCUT2D eigenvalue weighted by molar-refractivity contribution is 5.77. The van der Waals surface area contributed by atoms with Gasteiger partial charge in [0.1, 0.15) is 0 Å². The number of aliphatic hydroxyl groups is 1. The normalized spacial score (nSPS) is 33.1. The number of rotatable bonds is 2. The fraction of sp³-hybridized carbons (Fsp3) is 0.909. The number of β-amino-alcohol motifs (C(OH)–C–C–N with tert-alkyl or cyclic N) is 1. The van der Waals surface area contributed by atoms with E-state index in [0.717, 1.165) is 24.4 Å². The van der Waals surface area contributed by atoms with Crippen molar-refractivity contribution in [3.05, 3.63) is 0 Å². The molecule has 2 aliphatic heterocycles. The van der Waals surface area contributed by atoms with Crippen LogP contribution in [-0.2, 0) is 4.79 Å². The molecule has 2 N–H and O–H groups in total. The van der Waals surface area contributed by atoms with Crippen LogP contribution in [0.25, 0.3) is 0 Å². The number of halogens is 3. The first kappa shape index (κ1) is 13.6. The Hall–Kier alpha value is -0.820. The van der Waals surface area contributed by atoms with E-state index in [1.165, 1.54) is 0 Å². The van der Waals surface area contributed by atoms with E-state index in [4.69, 9.17) is 0 Å². The summed E-state index contributed by atoms with van der Waals surface area (Å²) in [6.07, 6.45) is -3.95. The van der Waals surface area contributed by atoms with E-state index in [1.54, 1.807) is 0 Å². The van der Waals surface area contributed by atoms with E-state index in [9.17, 15) is 23.1 Å². The van der Waals surface area contributed by atoms with Gasteiger partial charge in [-0.05, 0) is 25.4 Å². The number of nitrogens with zero attached hydrogens (tertiary/aromatic N) is 1. The van der Waals surface area contributed by atoms with Gasteiger partial charge in [-0.3, -0.25) is 4.79 Å². The molecule has 2 fully saturated rings. The molecule has 0 aromatic heterocycles. The van der Waals surface area contributed by atoms with Crippen LogP contribution in [0.4, 0.5) is 13.2 Å². The Morgan fingerprint density at radius 1 is 1.50 bits per heavy atom. The molecule has 2 unspecified atom stereocenters. The lowest BCUT2D eigenvalue weighted by Gasteiger charge is -2.26. The number of amides is 1. The van der Waals surface area contributed by atoms with E-state index in [-0.39, 0.29) is 24.8 Å². The predicted molar refractivity (Wildman–Crippen MR) is 57.8 cm³/mol. The molecule has 4 nitrogen and oxygen atoms in total. The zero-order chi connectivity index (χ0) is 13.4. The van der Waals surface area contributed by atoms with Gasteiger partial charge in [0.05, 0.1) is 6.54 Å². The molecule has 0 saturated carbocycles. The molecule has 2 heterocycles. The molecule has 2 saturated heterocycles. The number of alkyl halides is 3. The van der Waals surface area contributed by atoms with Crippen LogP contribution in [0, 0.1) is 5.92 Å². The number of carbonyl (C=O) groups is 1. The standard InChI is InChI=1S/C11H17F3N2O2/c12-11(13,14)10(18)2-4-16(7-10)9(17)5-8-1-3-15-6-8/h8,15,18H,1-7H2. The minimum absolute atomic E-state index is 0.0189. The second kappa shape index (κ2) is 4.70. The predicted octanol–water partition coefficient (Wildman–Crippen LogP) is 0.512. The number of likely N-dealkylation sites (tertiary alicyclic amines) is 1. The Balaban J connectivity index is 1.90. The first-order chi connectivity index (χ1) is 8.32. The van der Waals surface area contributed by atoms with Gasteiger partial charge >= 0.3 is 6.18 Å². The van der Waals surface area contributed by atoms with Crippen molar-refractivity contribution in [1.82, 2.24) is 10.2 Å². The maximum Gasteiger partial charge on any atom is 0.419 e. The van der Waals surface area contributed by atoms with Crippen LogP contribution in [0.3, 0.4) is 0 Å². The lowest BCUT2D eigenvalue weighted by atomic mass is 10.0. The van der Waals surface area contributed by atoms with Gasteiger partial charge in [-0.15, -0.1) is 0 Å². The molecule has 18 heavy (non-hydrogen) atoms. The molecule has 0 aliphatic carbocycles. The van der Waals surface area contributed by atoms with Crippen molar-refractivity contribution >= 4 is 5.91 Å². The second-order valence-electron chi connectivity index (χ2n) is 5.16. The Labute approximate surface area is 103 Å². The van der Waals surface area contributed by atoms with Gasteiger partial charge in [0.15, 0.2) is 5.60 Å². The maximum absolute atomic E-state index is 12.6. The smallest absolute Gasteiger partial charge is 0.379 e. The van der Waals surface area contributed by atoms with Crippen molar-refractivity contribution in [2.24, 2.45) is 5.92 Å². The van der Waals surface area contributed by atoms with Gasteiger partial charge in [0, 0.05) is 19.4 Å². The minimum Gasteiger partial charge on any atom is -0.379 e. The summed E-state index contributed by atoms with van der Waals surface area (Å²) >= 11 is 0. The molecule has 0 bridgehead atoms. The van der Waals surface area contributed by atoms with Crippen LogP contribution in [0.2, 0.25) is 0 Å². The average molecular weight is 266 g/mol. The number of nitrogens with one attached hydrogen (secondary N) is 1. The third-order valence-corrected chi connectivity index (χ3v) is 3.75. The maximum atomic E-state index is 12.6. The Morgan fingerprint density at radius 3 is 2.72 bits per heavy atom. The van der Waals surface area contributed by atoms with E-state index >= 15 is 0 Å². The second-order valence-corrected chi connectivity index (χ2v) is 5.16. The Morgan fingerprint density at radius 2 is 2.22 bits per heavy atom. The Bertz CT molecular complexity index is 329. The van der Waals surface area contributed by atoms with E-state index in [2.05, 4.69) is 5.32 Å². The third-order valence-electron chi connectivity index (χ3n) is 3.75. The third kappa shape index (κ3) is 2.61. The summed E-state index contributed by atoms with van der Waals surface area (Å²) in [5, 5.41) is 12.6. The summed E-state index contributed by atoms with van der Waals surface area (Å²) in [6.45, 7) is 0.942. The number of hydrogen-bond acceptors (Lipinski definition) is 3. The van der Waals surface area contributed by atoms with E-state index in [0.29, 0.717) is 0 Å². The monoisotopic (exact) mass is 266 g/mol. The highest BCUT2D eigenvalue weighted by atomic mass is 19.4. The summed E-state index contributed by atoms with van der Waals surface area (Å²) in [7, 11) is 0. The molecule has 0 aromatic carbocycles. The van der Waals surface area contributed by atoms with Gasteiger partial charge < -0.3 is 15.3 Å². The molecule has 2 rings (SSSR count). The average Bonchev–Trinajstić information content (AvgIpc) is 2.86. The fourth-order valence-electron chi connectivity index (χ4n) is 2.50. The minimum atomic E-state index is -4.67. The molecule has 104 valence electrons. The first-order valence-corrected chi connectivity index (χ1v) is 6.09. The molecular formula is C11H17F3N2O2. The van der Waals surface area contributed by atoms with Gasteiger partial charge in [-0.1, -0.05) is 0 Å². The molecule has 2 atom stereocenters. The summed E-state index contributed by atoms with van der Waals surface area (Å²) in [5.41, 5.74) is -2.73. The summed E-state index contributed by atoms with van der Waals surface area (Å²) in [5.74, 6) is -0.0824. The summed E-state index contributed by atoms with van der Waals surface area (Å²) in [4.78, 5) is 13.0. The highest BCUT2D eigenvalue weighted by Gasteiger charge is 2.57. The van der Waals surface area contributed by atoms with E-state index in [1.807, 2.05) is 0 Å². The Kier molecular flexibility index (Phi) is 3.55. The van der Waals surface area contributed by atoms with Crippen molar-refractivity contribution in [3.8, 4) is 0 Å². The van der Waals surface area contributed by atoms with Crippen molar-refractivity contribution in [2.45, 2.75) is 31.0 Å². The first-order valence-electron chi connectivity index (χ1n) is 6.09. The summed E-state index contributed by atoms with van der Waals surface area (Å²) < 4.78 is 37.8. The van der Waals surface area contributed by atoms with Gasteiger partial charge in [-0.25, -0.2) is 0 Å². The van der Waals surface area contributed by atoms with Crippen LogP contribution < -0.4 is 5.32 Å². The van der Waals surface area contributed by atoms with Crippen molar-refractivity contribution in [3.63, 3.8) is 0 Å². The zero-order valence-corrected chi connectivity index (χ0v) is 9.96. The largest absolute Gasteiger partial charge is 0.419 e. The topological polar surface area (TPSA) is 52.6 Å². The van der Waals surface area contributed by atoms with Gasteiger partial charge in [0.25, 0.3) is 0 Å². The molecule has 0 aromatic rings. The van der Waals surface area contributed by atoms with Crippen LogP contribution >= 0.6 is 0 Å². The number of carbonyl (C=O) groups excluding carboxylic acids is 1. The van der Waals surface area contributed by atoms with Gasteiger partial charge in [-0.2, -0.15) is 13.2 Å². The fourth-order valence-corrected chi connectivity index (χ4v) is 2.50. The van der Waals surface area contributed by atoms with Crippen molar-refractivity contribution < 1.29 is 23.1 Å². The molecule has 1 amide bonds. The number of hydrogen-bond donors (Lipinski definition) is 2. The SMILES string of the molecule is O=C(CC1CCNC1)N1CCC(O)(C(F)(F)F)C1. The van der Waals surface area contributed by atoms with Gasteiger partial charge in [0.2, 0.25) is 5.91 Å². The van der Waals surface area contributed by atoms with Crippen LogP contribution in [-0.4, -0.2) is 53.9 Å². The molecule has 0 spiro atoms.